The van der Waals surface area contributed by atoms with E-state index >= 15 is 0 Å². The van der Waals surface area contributed by atoms with Gasteiger partial charge in [0.25, 0.3) is 0 Å². The maximum atomic E-state index is 12.9. The quantitative estimate of drug-likeness (QED) is 0.737. The molecule has 2 amide bonds. The normalized spacial score (nSPS) is 15.9. The number of aromatic nitrogens is 2. The van der Waals surface area contributed by atoms with E-state index in [1.807, 2.05) is 43.3 Å². The van der Waals surface area contributed by atoms with E-state index in [-0.39, 0.29) is 11.9 Å². The van der Waals surface area contributed by atoms with E-state index in [0.29, 0.717) is 23.7 Å². The van der Waals surface area contributed by atoms with Gasteiger partial charge in [-0.15, -0.1) is 0 Å². The summed E-state index contributed by atoms with van der Waals surface area (Å²) >= 11 is 0. The summed E-state index contributed by atoms with van der Waals surface area (Å²) in [5, 5.41) is 6.77. The van der Waals surface area contributed by atoms with Gasteiger partial charge in [-0.1, -0.05) is 24.3 Å². The Hall–Kier alpha value is -3.61. The van der Waals surface area contributed by atoms with E-state index in [9.17, 15) is 9.59 Å². The first-order valence-corrected chi connectivity index (χ1v) is 9.02. The molecule has 1 unspecified atom stereocenters. The van der Waals surface area contributed by atoms with Gasteiger partial charge in [-0.05, 0) is 36.8 Å². The minimum Gasteiger partial charge on any atom is -0.410 e. The average Bonchev–Trinajstić information content (AvgIpc) is 3.22. The number of hydrogen-bond donors (Lipinski definition) is 1. The summed E-state index contributed by atoms with van der Waals surface area (Å²) in [6, 6.07) is 14.4. The number of nitrogens with one attached hydrogen (secondary N) is 1. The van der Waals surface area contributed by atoms with Crippen molar-refractivity contribution in [2.75, 3.05) is 16.3 Å². The van der Waals surface area contributed by atoms with Crippen LogP contribution in [-0.2, 0) is 4.79 Å². The molecule has 1 atom stereocenters. The lowest BCUT2D eigenvalue weighted by molar-refractivity contribution is -0.117. The van der Waals surface area contributed by atoms with Crippen LogP contribution in [0.2, 0.25) is 0 Å². The maximum absolute atomic E-state index is 12.9. The largest absolute Gasteiger partial charge is 0.419 e. The van der Waals surface area contributed by atoms with Gasteiger partial charge >= 0.3 is 6.09 Å². The number of amides is 2. The fourth-order valence-electron chi connectivity index (χ4n) is 3.51. The third kappa shape index (κ3) is 3.22. The van der Waals surface area contributed by atoms with Crippen molar-refractivity contribution in [3.8, 4) is 16.9 Å². The zero-order chi connectivity index (χ0) is 19.7. The van der Waals surface area contributed by atoms with Gasteiger partial charge in [0.2, 0.25) is 5.91 Å². The van der Waals surface area contributed by atoms with E-state index in [2.05, 4.69) is 10.2 Å². The molecule has 0 saturated heterocycles. The van der Waals surface area contributed by atoms with Crippen LogP contribution in [-0.4, -0.2) is 34.8 Å². The van der Waals surface area contributed by atoms with Crippen LogP contribution in [0.25, 0.3) is 11.1 Å². The van der Waals surface area contributed by atoms with Crippen LogP contribution in [0.4, 0.5) is 16.2 Å². The van der Waals surface area contributed by atoms with Crippen molar-refractivity contribution in [3.63, 3.8) is 0 Å². The number of ether oxygens (including phenoxy) is 1. The summed E-state index contributed by atoms with van der Waals surface area (Å²) in [7, 11) is 0. The number of nitrogens with zero attached hydrogens (tertiary/aromatic N) is 3. The molecule has 1 N–H and O–H groups in total. The zero-order valence-electron chi connectivity index (χ0n) is 15.6. The van der Waals surface area contributed by atoms with Gasteiger partial charge in [0.05, 0.1) is 23.6 Å². The van der Waals surface area contributed by atoms with Crippen LogP contribution in [0, 0.1) is 0 Å². The van der Waals surface area contributed by atoms with Crippen molar-refractivity contribution in [3.05, 3.63) is 60.9 Å². The van der Waals surface area contributed by atoms with Crippen molar-refractivity contribution in [1.82, 2.24) is 10.2 Å². The highest BCUT2D eigenvalue weighted by atomic mass is 16.6. The van der Waals surface area contributed by atoms with E-state index < -0.39 is 6.09 Å². The van der Waals surface area contributed by atoms with Crippen molar-refractivity contribution >= 4 is 23.4 Å². The number of anilines is 2. The van der Waals surface area contributed by atoms with Gasteiger partial charge < -0.3 is 9.64 Å². The second-order valence-corrected chi connectivity index (χ2v) is 6.72. The third-order valence-electron chi connectivity index (χ3n) is 4.75. The number of para-hydroxylation sites is 1. The second kappa shape index (κ2) is 7.19. The first-order valence-electron chi connectivity index (χ1n) is 9.02. The molecule has 0 spiro atoms. The summed E-state index contributed by atoms with van der Waals surface area (Å²) < 4.78 is 5.55. The molecule has 142 valence electrons. The summed E-state index contributed by atoms with van der Waals surface area (Å²) in [5.74, 6) is 0.405. The summed E-state index contributed by atoms with van der Waals surface area (Å²) in [6.45, 7) is 3.78. The van der Waals surface area contributed by atoms with Crippen LogP contribution in [0.15, 0.2) is 60.9 Å². The standard InChI is InChI=1S/C21H20N4O3/c1-14-13-24(21(27)28-18-6-4-3-5-7-18)20-10-16(17-11-22-23-12-17)8-9-19(20)25(14)15(2)26/h3-12,14H,13H2,1-2H3,(H,22,23). The summed E-state index contributed by atoms with van der Waals surface area (Å²) in [5.41, 5.74) is 3.10. The number of aromatic amines is 1. The highest BCUT2D eigenvalue weighted by Gasteiger charge is 2.34. The highest BCUT2D eigenvalue weighted by molar-refractivity contribution is 6.03. The average molecular weight is 376 g/mol. The number of carbonyl (C=O) groups excluding carboxylic acids is 2. The molecule has 1 aliphatic rings. The van der Waals surface area contributed by atoms with Crippen molar-refractivity contribution in [1.29, 1.82) is 0 Å². The fraction of sp³-hybridized carbons (Fsp3) is 0.190. The second-order valence-electron chi connectivity index (χ2n) is 6.72. The van der Waals surface area contributed by atoms with Gasteiger partial charge in [-0.25, -0.2) is 4.79 Å². The maximum Gasteiger partial charge on any atom is 0.419 e. The Morgan fingerprint density at radius 3 is 2.57 bits per heavy atom. The molecule has 0 fully saturated rings. The number of benzene rings is 2. The fourth-order valence-corrected chi connectivity index (χ4v) is 3.51. The van der Waals surface area contributed by atoms with Crippen LogP contribution >= 0.6 is 0 Å². The third-order valence-corrected chi connectivity index (χ3v) is 4.75. The molecule has 1 aliphatic heterocycles. The van der Waals surface area contributed by atoms with Crippen LogP contribution in [0.5, 0.6) is 5.75 Å². The first kappa shape index (κ1) is 17.8. The highest BCUT2D eigenvalue weighted by Crippen LogP contribution is 2.39. The predicted molar refractivity (Wildman–Crippen MR) is 106 cm³/mol. The molecule has 4 rings (SSSR count). The number of carbonyl (C=O) groups is 2. The summed E-state index contributed by atoms with van der Waals surface area (Å²) in [4.78, 5) is 28.4. The zero-order valence-corrected chi connectivity index (χ0v) is 15.6. The van der Waals surface area contributed by atoms with Crippen LogP contribution in [0.3, 0.4) is 0 Å². The van der Waals surface area contributed by atoms with Crippen LogP contribution in [0.1, 0.15) is 13.8 Å². The first-order chi connectivity index (χ1) is 13.5. The lowest BCUT2D eigenvalue weighted by Gasteiger charge is -2.40. The molecule has 3 aromatic rings. The van der Waals surface area contributed by atoms with Gasteiger partial charge in [-0.2, -0.15) is 5.10 Å². The van der Waals surface area contributed by atoms with E-state index in [4.69, 9.17) is 4.74 Å². The Labute approximate surface area is 162 Å². The Morgan fingerprint density at radius 2 is 1.89 bits per heavy atom. The Balaban J connectivity index is 1.75. The molecule has 0 bridgehead atoms. The lowest BCUT2D eigenvalue weighted by atomic mass is 10.0. The van der Waals surface area contributed by atoms with Crippen LogP contribution < -0.4 is 14.5 Å². The van der Waals surface area contributed by atoms with Crippen molar-refractivity contribution in [2.24, 2.45) is 0 Å². The molecular weight excluding hydrogens is 356 g/mol. The topological polar surface area (TPSA) is 78.5 Å². The Bertz CT molecular complexity index is 1000. The van der Waals surface area contributed by atoms with Gasteiger partial charge in [-0.3, -0.25) is 14.8 Å². The number of hydrogen-bond acceptors (Lipinski definition) is 4. The molecule has 0 radical (unpaired) electrons. The Kier molecular flexibility index (Phi) is 4.57. The molecule has 0 saturated carbocycles. The summed E-state index contributed by atoms with van der Waals surface area (Å²) in [6.07, 6.45) is 3.01. The number of fused-ring (bicyclic) bond motifs is 1. The van der Waals surface area contributed by atoms with E-state index in [0.717, 1.165) is 11.1 Å². The molecule has 1 aromatic heterocycles. The van der Waals surface area contributed by atoms with Gasteiger partial charge in [0.1, 0.15) is 5.75 Å². The van der Waals surface area contributed by atoms with Gasteiger partial charge in [0.15, 0.2) is 0 Å². The lowest BCUT2D eigenvalue weighted by Crippen LogP contribution is -2.52. The van der Waals surface area contributed by atoms with E-state index in [1.54, 1.807) is 34.3 Å². The van der Waals surface area contributed by atoms with Crippen molar-refractivity contribution < 1.29 is 14.3 Å². The molecule has 7 heteroatoms. The molecule has 0 aliphatic carbocycles. The SMILES string of the molecule is CC(=O)N1c2ccc(-c3cn[nH]c3)cc2N(C(=O)Oc2ccccc2)CC1C. The number of H-pyrrole nitrogens is 1. The molecule has 2 heterocycles. The van der Waals surface area contributed by atoms with Gasteiger partial charge in [0, 0.05) is 25.2 Å². The van der Waals surface area contributed by atoms with E-state index in [1.165, 1.54) is 6.92 Å². The smallest absolute Gasteiger partial charge is 0.410 e. The minimum absolute atomic E-state index is 0.0686. The van der Waals surface area contributed by atoms with Crippen molar-refractivity contribution in [2.45, 2.75) is 19.9 Å². The monoisotopic (exact) mass is 376 g/mol. The Morgan fingerprint density at radius 1 is 1.11 bits per heavy atom. The predicted octanol–water partition coefficient (Wildman–Crippen LogP) is 3.84. The molecular formula is C21H20N4O3. The molecule has 28 heavy (non-hydrogen) atoms. The number of rotatable bonds is 2. The minimum atomic E-state index is -0.480. The molecule has 2 aromatic carbocycles. The molecule has 7 nitrogen and oxygen atoms in total.